The number of nitrogens with one attached hydrogen (secondary N) is 2. The first kappa shape index (κ1) is 18.4. The van der Waals surface area contributed by atoms with Gasteiger partial charge in [0, 0.05) is 0 Å². The van der Waals surface area contributed by atoms with Crippen LogP contribution in [0.15, 0.2) is 0 Å². The molecule has 134 valence electrons. The summed E-state index contributed by atoms with van der Waals surface area (Å²) in [6, 6.07) is -0.800. The number of carbonyl (C=O) groups excluding carboxylic acids is 4. The average Bonchev–Trinajstić information content (AvgIpc) is 3.03. The molecule has 2 N–H and O–H groups in total. The first-order valence-electron chi connectivity index (χ1n) is 8.48. The van der Waals surface area contributed by atoms with Crippen molar-refractivity contribution in [3.63, 3.8) is 0 Å². The van der Waals surface area contributed by atoms with Gasteiger partial charge in [0.25, 0.3) is 0 Å². The van der Waals surface area contributed by atoms with E-state index in [1.807, 2.05) is 0 Å². The van der Waals surface area contributed by atoms with Crippen molar-refractivity contribution in [2.24, 2.45) is 17.8 Å². The van der Waals surface area contributed by atoms with Crippen molar-refractivity contribution in [1.82, 2.24) is 10.6 Å². The van der Waals surface area contributed by atoms with Gasteiger partial charge in [-0.15, -0.1) is 0 Å². The van der Waals surface area contributed by atoms with Crippen LogP contribution in [0.4, 0.5) is 4.79 Å². The second-order valence-corrected chi connectivity index (χ2v) is 7.69. The number of hydrogen-bond acceptors (Lipinski definition) is 5. The lowest BCUT2D eigenvalue weighted by Gasteiger charge is -2.28. The maximum Gasteiger partial charge on any atom is 0.408 e. The fraction of sp³-hybridized carbons (Fsp3) is 0.765. The van der Waals surface area contributed by atoms with Crippen LogP contribution in [0.1, 0.15) is 53.4 Å². The lowest BCUT2D eigenvalue weighted by molar-refractivity contribution is -0.135. The number of rotatable bonds is 4. The monoisotopic (exact) mass is 338 g/mol. The first-order valence-corrected chi connectivity index (χ1v) is 8.48. The molecule has 1 unspecified atom stereocenters. The Morgan fingerprint density at radius 1 is 1.17 bits per heavy atom. The third kappa shape index (κ3) is 4.13. The third-order valence-electron chi connectivity index (χ3n) is 4.60. The van der Waals surface area contributed by atoms with Crippen LogP contribution in [0.5, 0.6) is 0 Å². The molecule has 1 saturated carbocycles. The van der Waals surface area contributed by atoms with Crippen LogP contribution in [0, 0.1) is 17.8 Å². The van der Waals surface area contributed by atoms with Gasteiger partial charge in [-0.1, -0.05) is 19.8 Å². The Morgan fingerprint density at radius 2 is 1.75 bits per heavy atom. The van der Waals surface area contributed by atoms with Crippen LogP contribution in [0.3, 0.4) is 0 Å². The SMILES string of the molecule is C[C@@H]1C(=O)NC(=O)[C@H]1C(=O)C(NC(=O)OC(C)(C)C)C1CCCC1. The predicted octanol–water partition coefficient (Wildman–Crippen LogP) is 1.55. The van der Waals surface area contributed by atoms with Crippen molar-refractivity contribution in [3.05, 3.63) is 0 Å². The van der Waals surface area contributed by atoms with Gasteiger partial charge in [-0.25, -0.2) is 4.79 Å². The molecule has 0 bridgehead atoms. The van der Waals surface area contributed by atoms with Crippen LogP contribution in [-0.2, 0) is 19.1 Å². The molecule has 0 aromatic heterocycles. The van der Waals surface area contributed by atoms with E-state index in [4.69, 9.17) is 4.74 Å². The molecule has 1 heterocycles. The maximum atomic E-state index is 12.9. The number of imide groups is 1. The summed E-state index contributed by atoms with van der Waals surface area (Å²) in [4.78, 5) is 48.7. The lowest BCUT2D eigenvalue weighted by Crippen LogP contribution is -2.50. The van der Waals surface area contributed by atoms with Gasteiger partial charge in [0.1, 0.15) is 11.5 Å². The minimum absolute atomic E-state index is 0.0271. The van der Waals surface area contributed by atoms with Gasteiger partial charge in [0.2, 0.25) is 11.8 Å². The average molecular weight is 338 g/mol. The minimum Gasteiger partial charge on any atom is -0.444 e. The highest BCUT2D eigenvalue weighted by Crippen LogP contribution is 2.31. The maximum absolute atomic E-state index is 12.9. The number of amides is 3. The standard InChI is InChI=1S/C17H26N2O5/c1-9-11(15(22)19-14(9)21)13(20)12(10-7-5-6-8-10)18-16(23)24-17(2,3)4/h9-12H,5-8H2,1-4H3,(H,18,23)(H,19,21,22)/t9-,11+,12?/m0/s1. The summed E-state index contributed by atoms with van der Waals surface area (Å²) in [7, 11) is 0. The van der Waals surface area contributed by atoms with Crippen LogP contribution in [-0.4, -0.2) is 35.3 Å². The molecule has 1 saturated heterocycles. The van der Waals surface area contributed by atoms with E-state index in [-0.39, 0.29) is 5.92 Å². The van der Waals surface area contributed by atoms with Crippen LogP contribution in [0.2, 0.25) is 0 Å². The van der Waals surface area contributed by atoms with E-state index in [2.05, 4.69) is 10.6 Å². The summed E-state index contributed by atoms with van der Waals surface area (Å²) in [5.41, 5.74) is -0.679. The Kier molecular flexibility index (Phi) is 5.30. The fourth-order valence-corrected chi connectivity index (χ4v) is 3.41. The van der Waals surface area contributed by atoms with E-state index in [1.165, 1.54) is 0 Å². The number of hydrogen-bond donors (Lipinski definition) is 2. The topological polar surface area (TPSA) is 102 Å². The quantitative estimate of drug-likeness (QED) is 0.598. The smallest absolute Gasteiger partial charge is 0.408 e. The van der Waals surface area contributed by atoms with Crippen molar-refractivity contribution < 1.29 is 23.9 Å². The van der Waals surface area contributed by atoms with E-state index >= 15 is 0 Å². The molecule has 24 heavy (non-hydrogen) atoms. The Labute approximate surface area is 141 Å². The number of Topliss-reactive ketones (excluding diaryl/α,β-unsaturated/α-hetero) is 1. The normalized spacial score (nSPS) is 26.2. The number of alkyl carbamates (subject to hydrolysis) is 1. The molecule has 3 amide bonds. The summed E-state index contributed by atoms with van der Waals surface area (Å²) in [6.45, 7) is 6.78. The molecule has 0 aromatic rings. The highest BCUT2D eigenvalue weighted by atomic mass is 16.6. The van der Waals surface area contributed by atoms with Gasteiger partial charge in [0.15, 0.2) is 5.78 Å². The van der Waals surface area contributed by atoms with E-state index < -0.39 is 47.2 Å². The van der Waals surface area contributed by atoms with Crippen LogP contribution < -0.4 is 10.6 Å². The van der Waals surface area contributed by atoms with Crippen molar-refractivity contribution >= 4 is 23.7 Å². The summed E-state index contributed by atoms with van der Waals surface area (Å²) in [5, 5.41) is 4.84. The van der Waals surface area contributed by atoms with Crippen molar-refractivity contribution in [3.8, 4) is 0 Å². The summed E-state index contributed by atoms with van der Waals surface area (Å²) < 4.78 is 5.25. The molecule has 0 radical (unpaired) electrons. The highest BCUT2D eigenvalue weighted by Gasteiger charge is 2.47. The van der Waals surface area contributed by atoms with Gasteiger partial charge >= 0.3 is 6.09 Å². The first-order chi connectivity index (χ1) is 11.1. The molecule has 1 aliphatic carbocycles. The van der Waals surface area contributed by atoms with E-state index in [0.717, 1.165) is 25.7 Å². The minimum atomic E-state index is -1.04. The van der Waals surface area contributed by atoms with E-state index in [0.29, 0.717) is 0 Å². The molecule has 1 aliphatic heterocycles. The van der Waals surface area contributed by atoms with Crippen LogP contribution >= 0.6 is 0 Å². The Hall–Kier alpha value is -1.92. The van der Waals surface area contributed by atoms with Gasteiger partial charge in [-0.3, -0.25) is 19.7 Å². The second kappa shape index (κ2) is 6.91. The van der Waals surface area contributed by atoms with Gasteiger partial charge in [0.05, 0.1) is 12.0 Å². The fourth-order valence-electron chi connectivity index (χ4n) is 3.41. The van der Waals surface area contributed by atoms with Crippen molar-refractivity contribution in [1.29, 1.82) is 0 Å². The molecule has 2 rings (SSSR count). The largest absolute Gasteiger partial charge is 0.444 e. The van der Waals surface area contributed by atoms with Crippen LogP contribution in [0.25, 0.3) is 0 Å². The second-order valence-electron chi connectivity index (χ2n) is 7.69. The van der Waals surface area contributed by atoms with Gasteiger partial charge < -0.3 is 10.1 Å². The van der Waals surface area contributed by atoms with E-state index in [1.54, 1.807) is 27.7 Å². The Balaban J connectivity index is 2.16. The summed E-state index contributed by atoms with van der Waals surface area (Å²) >= 11 is 0. The molecule has 0 spiro atoms. The van der Waals surface area contributed by atoms with Crippen molar-refractivity contribution in [2.75, 3.05) is 0 Å². The number of ketones is 1. The van der Waals surface area contributed by atoms with E-state index in [9.17, 15) is 19.2 Å². The Morgan fingerprint density at radius 3 is 2.21 bits per heavy atom. The molecular weight excluding hydrogens is 312 g/mol. The third-order valence-corrected chi connectivity index (χ3v) is 4.60. The van der Waals surface area contributed by atoms with Gasteiger partial charge in [-0.05, 0) is 39.5 Å². The molecule has 2 aliphatic rings. The lowest BCUT2D eigenvalue weighted by atomic mass is 9.83. The number of ether oxygens (including phenoxy) is 1. The van der Waals surface area contributed by atoms with Crippen molar-refractivity contribution in [2.45, 2.75) is 65.0 Å². The summed E-state index contributed by atoms with van der Waals surface area (Å²) in [5.74, 6) is -3.20. The predicted molar refractivity (Wildman–Crippen MR) is 85.9 cm³/mol. The van der Waals surface area contributed by atoms with Gasteiger partial charge in [-0.2, -0.15) is 0 Å². The molecule has 7 nitrogen and oxygen atoms in total. The Bertz CT molecular complexity index is 546. The number of carbonyl (C=O) groups is 4. The molecule has 2 fully saturated rings. The zero-order valence-corrected chi connectivity index (χ0v) is 14.7. The molecule has 7 heteroatoms. The highest BCUT2D eigenvalue weighted by molar-refractivity contribution is 6.16. The molecule has 3 atom stereocenters. The zero-order valence-electron chi connectivity index (χ0n) is 14.7. The zero-order chi connectivity index (χ0) is 18.1. The molecular formula is C17H26N2O5. The summed E-state index contributed by atoms with van der Waals surface area (Å²) in [6.07, 6.45) is 2.90. The molecule has 0 aromatic carbocycles.